The van der Waals surface area contributed by atoms with Crippen LogP contribution in [0.15, 0.2) is 23.9 Å². The highest BCUT2D eigenvalue weighted by molar-refractivity contribution is 6.07. The molecule has 1 heterocycles. The van der Waals surface area contributed by atoms with Crippen LogP contribution in [0.25, 0.3) is 0 Å². The third-order valence-electron chi connectivity index (χ3n) is 2.68. The van der Waals surface area contributed by atoms with Crippen molar-refractivity contribution in [2.45, 2.75) is 0 Å². The molecular formula is C13H12F2N2O2. The van der Waals surface area contributed by atoms with Crippen molar-refractivity contribution < 1.29 is 18.3 Å². The highest BCUT2D eigenvalue weighted by Crippen LogP contribution is 2.15. The molecule has 1 aromatic rings. The molecule has 1 aliphatic heterocycles. The van der Waals surface area contributed by atoms with Crippen LogP contribution in [-0.2, 0) is 4.74 Å². The SMILES string of the molecule is N=C(/C=C1/COCCN1)c1cc(F)c(C=O)c(F)c1. The fraction of sp³-hybridized carbons (Fsp3) is 0.231. The molecule has 1 saturated heterocycles. The van der Waals surface area contributed by atoms with E-state index in [9.17, 15) is 13.6 Å². The summed E-state index contributed by atoms with van der Waals surface area (Å²) in [5.41, 5.74) is 0.0728. The van der Waals surface area contributed by atoms with E-state index in [1.54, 1.807) is 0 Å². The summed E-state index contributed by atoms with van der Waals surface area (Å²) in [6.07, 6.45) is 1.57. The largest absolute Gasteiger partial charge is 0.384 e. The lowest BCUT2D eigenvalue weighted by atomic mass is 10.1. The van der Waals surface area contributed by atoms with Crippen molar-refractivity contribution in [3.8, 4) is 0 Å². The topological polar surface area (TPSA) is 62.2 Å². The molecule has 0 spiro atoms. The second kappa shape index (κ2) is 5.71. The summed E-state index contributed by atoms with van der Waals surface area (Å²) >= 11 is 0. The predicted molar refractivity (Wildman–Crippen MR) is 65.5 cm³/mol. The Morgan fingerprint density at radius 1 is 1.37 bits per heavy atom. The summed E-state index contributed by atoms with van der Waals surface area (Å²) in [6.45, 7) is 1.55. The summed E-state index contributed by atoms with van der Waals surface area (Å²) in [5.74, 6) is -1.94. The maximum atomic E-state index is 13.4. The Kier molecular flexibility index (Phi) is 4.01. The van der Waals surface area contributed by atoms with Crippen LogP contribution in [0.4, 0.5) is 8.78 Å². The minimum Gasteiger partial charge on any atom is -0.384 e. The number of aldehydes is 1. The van der Waals surface area contributed by atoms with Crippen molar-refractivity contribution in [1.29, 1.82) is 5.41 Å². The van der Waals surface area contributed by atoms with Crippen LogP contribution in [0.5, 0.6) is 0 Å². The van der Waals surface area contributed by atoms with Gasteiger partial charge in [-0.15, -0.1) is 0 Å². The molecule has 2 N–H and O–H groups in total. The average molecular weight is 266 g/mol. The minimum atomic E-state index is -0.971. The molecule has 2 rings (SSSR count). The number of hydrogen-bond donors (Lipinski definition) is 2. The Labute approximate surface area is 108 Å². The van der Waals surface area contributed by atoms with Crippen LogP contribution >= 0.6 is 0 Å². The van der Waals surface area contributed by atoms with Gasteiger partial charge in [0.05, 0.1) is 24.5 Å². The second-order valence-corrected chi connectivity index (χ2v) is 4.03. The van der Waals surface area contributed by atoms with Crippen molar-refractivity contribution in [3.63, 3.8) is 0 Å². The lowest BCUT2D eigenvalue weighted by Crippen LogP contribution is -2.29. The minimum absolute atomic E-state index is 0.0525. The Hall–Kier alpha value is -2.08. The number of carbonyl (C=O) groups excluding carboxylic acids is 1. The van der Waals surface area contributed by atoms with E-state index in [2.05, 4.69) is 5.32 Å². The van der Waals surface area contributed by atoms with Gasteiger partial charge in [0, 0.05) is 17.8 Å². The fourth-order valence-corrected chi connectivity index (χ4v) is 1.72. The first-order valence-corrected chi connectivity index (χ1v) is 5.67. The van der Waals surface area contributed by atoms with Gasteiger partial charge < -0.3 is 15.5 Å². The van der Waals surface area contributed by atoms with Gasteiger partial charge in [0.15, 0.2) is 6.29 Å². The predicted octanol–water partition coefficient (Wildman–Crippen LogP) is 1.65. The van der Waals surface area contributed by atoms with Crippen molar-refractivity contribution in [2.75, 3.05) is 19.8 Å². The van der Waals surface area contributed by atoms with Crippen molar-refractivity contribution in [3.05, 3.63) is 46.7 Å². The molecule has 100 valence electrons. The molecule has 0 saturated carbocycles. The summed E-state index contributed by atoms with van der Waals surface area (Å²) in [5, 5.41) is 10.8. The molecule has 4 nitrogen and oxygen atoms in total. The first-order valence-electron chi connectivity index (χ1n) is 5.67. The maximum Gasteiger partial charge on any atom is 0.155 e. The summed E-state index contributed by atoms with van der Waals surface area (Å²) in [7, 11) is 0. The number of benzene rings is 1. The third kappa shape index (κ3) is 3.03. The zero-order valence-corrected chi connectivity index (χ0v) is 10.0. The first kappa shape index (κ1) is 13.4. The Morgan fingerprint density at radius 3 is 2.58 bits per heavy atom. The molecule has 0 aromatic heterocycles. The van der Waals surface area contributed by atoms with E-state index >= 15 is 0 Å². The molecule has 0 aliphatic carbocycles. The van der Waals surface area contributed by atoms with Crippen LogP contribution in [0.1, 0.15) is 15.9 Å². The molecule has 0 atom stereocenters. The van der Waals surface area contributed by atoms with E-state index in [0.29, 0.717) is 25.5 Å². The normalized spacial score (nSPS) is 17.1. The van der Waals surface area contributed by atoms with Crippen LogP contribution < -0.4 is 5.32 Å². The summed E-state index contributed by atoms with van der Waals surface area (Å²) in [6, 6.07) is 1.94. The smallest absolute Gasteiger partial charge is 0.155 e. The molecule has 0 unspecified atom stereocenters. The highest BCUT2D eigenvalue weighted by Gasteiger charge is 2.13. The molecule has 1 aromatic carbocycles. The number of morpholine rings is 1. The Bertz CT molecular complexity index is 525. The fourth-order valence-electron chi connectivity index (χ4n) is 1.72. The Balaban J connectivity index is 2.26. The van der Waals surface area contributed by atoms with E-state index < -0.39 is 17.2 Å². The van der Waals surface area contributed by atoms with Crippen LogP contribution in [0.2, 0.25) is 0 Å². The number of nitrogens with one attached hydrogen (secondary N) is 2. The van der Waals surface area contributed by atoms with E-state index in [0.717, 1.165) is 12.1 Å². The lowest BCUT2D eigenvalue weighted by Gasteiger charge is -2.17. The molecule has 1 fully saturated rings. The second-order valence-electron chi connectivity index (χ2n) is 4.03. The average Bonchev–Trinajstić information content (AvgIpc) is 2.39. The lowest BCUT2D eigenvalue weighted by molar-refractivity contribution is 0.111. The molecule has 1 aliphatic rings. The van der Waals surface area contributed by atoms with Gasteiger partial charge in [-0.05, 0) is 18.2 Å². The van der Waals surface area contributed by atoms with Crippen LogP contribution in [0.3, 0.4) is 0 Å². The summed E-state index contributed by atoms with van der Waals surface area (Å²) in [4.78, 5) is 10.5. The zero-order valence-electron chi connectivity index (χ0n) is 10.0. The van der Waals surface area contributed by atoms with Crippen LogP contribution in [-0.4, -0.2) is 31.8 Å². The highest BCUT2D eigenvalue weighted by atomic mass is 19.1. The van der Waals surface area contributed by atoms with Gasteiger partial charge in [0.2, 0.25) is 0 Å². The number of rotatable bonds is 3. The van der Waals surface area contributed by atoms with Crippen molar-refractivity contribution >= 4 is 12.0 Å². The van der Waals surface area contributed by atoms with E-state index in [1.807, 2.05) is 0 Å². The molecule has 19 heavy (non-hydrogen) atoms. The van der Waals surface area contributed by atoms with E-state index in [1.165, 1.54) is 6.08 Å². The molecule has 6 heteroatoms. The Morgan fingerprint density at radius 2 is 2.05 bits per heavy atom. The maximum absolute atomic E-state index is 13.4. The molecule has 0 amide bonds. The first-order chi connectivity index (χ1) is 9.11. The molecule has 0 bridgehead atoms. The van der Waals surface area contributed by atoms with Crippen molar-refractivity contribution in [1.82, 2.24) is 5.32 Å². The van der Waals surface area contributed by atoms with Gasteiger partial charge in [-0.3, -0.25) is 4.79 Å². The molecule has 0 radical (unpaired) electrons. The van der Waals surface area contributed by atoms with Gasteiger partial charge in [-0.1, -0.05) is 0 Å². The van der Waals surface area contributed by atoms with Gasteiger partial charge >= 0.3 is 0 Å². The number of hydrogen-bond acceptors (Lipinski definition) is 4. The monoisotopic (exact) mass is 266 g/mol. The van der Waals surface area contributed by atoms with Crippen LogP contribution in [0, 0.1) is 17.0 Å². The van der Waals surface area contributed by atoms with Gasteiger partial charge in [0.1, 0.15) is 11.6 Å². The van der Waals surface area contributed by atoms with Gasteiger partial charge in [-0.2, -0.15) is 0 Å². The standard InChI is InChI=1S/C13H12F2N2O2/c14-11-3-8(4-12(15)10(11)6-18)13(16)5-9-7-19-2-1-17-9/h3-6,16-17H,1-2,7H2/b9-5-,16-13?. The quantitative estimate of drug-likeness (QED) is 0.646. The van der Waals surface area contributed by atoms with E-state index in [4.69, 9.17) is 10.1 Å². The van der Waals surface area contributed by atoms with E-state index in [-0.39, 0.29) is 17.6 Å². The van der Waals surface area contributed by atoms with Gasteiger partial charge in [0.25, 0.3) is 0 Å². The molecular weight excluding hydrogens is 254 g/mol. The van der Waals surface area contributed by atoms with Crippen molar-refractivity contribution in [2.24, 2.45) is 0 Å². The number of ether oxygens (including phenoxy) is 1. The number of carbonyl (C=O) groups is 1. The zero-order chi connectivity index (χ0) is 13.8. The number of halogens is 2. The number of allylic oxidation sites excluding steroid dienone is 1. The summed E-state index contributed by atoms with van der Waals surface area (Å²) < 4.78 is 32.0. The van der Waals surface area contributed by atoms with Gasteiger partial charge in [-0.25, -0.2) is 8.78 Å². The third-order valence-corrected chi connectivity index (χ3v) is 2.68.